The van der Waals surface area contributed by atoms with Crippen LogP contribution < -0.4 is 15.0 Å². The molecule has 9 heteroatoms. The zero-order chi connectivity index (χ0) is 20.5. The van der Waals surface area contributed by atoms with Crippen molar-refractivity contribution in [2.24, 2.45) is 0 Å². The van der Waals surface area contributed by atoms with Crippen LogP contribution >= 0.6 is 0 Å². The Labute approximate surface area is 172 Å². The van der Waals surface area contributed by atoms with Gasteiger partial charge in [0.05, 0.1) is 42.9 Å². The van der Waals surface area contributed by atoms with Crippen molar-refractivity contribution in [3.63, 3.8) is 0 Å². The number of hydrogen-bond donors (Lipinski definition) is 2. The van der Waals surface area contributed by atoms with E-state index in [0.717, 1.165) is 23.5 Å². The van der Waals surface area contributed by atoms with Crippen molar-refractivity contribution in [2.75, 3.05) is 30.0 Å². The molecule has 6 rings (SSSR count). The lowest BCUT2D eigenvalue weighted by molar-refractivity contribution is -0.113. The highest BCUT2D eigenvalue weighted by Gasteiger charge is 2.48. The second kappa shape index (κ2) is 6.16. The number of carbonyl (C=O) groups excluding carboxylic acids is 1. The van der Waals surface area contributed by atoms with Crippen LogP contribution in [0.2, 0.25) is 0 Å². The smallest absolute Gasteiger partial charge is 0.261 e. The molecular weight excluding hydrogens is 386 g/mol. The minimum atomic E-state index is -0.647. The number of fused-ring (bicyclic) bond motifs is 3. The lowest BCUT2D eigenvalue weighted by Crippen LogP contribution is -2.71. The summed E-state index contributed by atoms with van der Waals surface area (Å²) >= 11 is 0. The van der Waals surface area contributed by atoms with Gasteiger partial charge in [-0.3, -0.25) is 4.79 Å². The molecule has 154 valence electrons. The number of nitrogens with zero attached hydrogens (tertiary/aromatic N) is 4. The maximum absolute atomic E-state index is 13.1. The Balaban J connectivity index is 1.37. The molecule has 0 spiro atoms. The summed E-state index contributed by atoms with van der Waals surface area (Å²) in [5, 5.41) is 17.0. The number of carbonyl (C=O) groups is 1. The van der Waals surface area contributed by atoms with E-state index >= 15 is 0 Å². The number of benzene rings is 1. The number of amides is 1. The standard InChI is InChI=1S/C21H21N5O4/c1-21(11-27)7-12-5-14(15(6-17(12)30-21)25-9-18-16(25)10-29-18)24-20(28)13-8-23-26-4-2-3-22-19(13)26/h2-6,8,16,18,27H,7,9-11H2,1H3,(H,24,28)/t16?,18-,21+/m1/s1. The second-order valence-corrected chi connectivity index (χ2v) is 8.36. The molecule has 1 amide bonds. The van der Waals surface area contributed by atoms with Gasteiger partial charge in [0.15, 0.2) is 5.65 Å². The summed E-state index contributed by atoms with van der Waals surface area (Å²) in [4.78, 5) is 19.6. The summed E-state index contributed by atoms with van der Waals surface area (Å²) in [6.45, 7) is 3.27. The summed E-state index contributed by atoms with van der Waals surface area (Å²) in [6.07, 6.45) is 5.75. The quantitative estimate of drug-likeness (QED) is 0.671. The van der Waals surface area contributed by atoms with Gasteiger partial charge in [-0.2, -0.15) is 5.10 Å². The number of morpholine rings is 1. The number of hydrogen-bond acceptors (Lipinski definition) is 7. The summed E-state index contributed by atoms with van der Waals surface area (Å²) in [5.41, 5.74) is 2.84. The molecule has 9 nitrogen and oxygen atoms in total. The van der Waals surface area contributed by atoms with E-state index in [9.17, 15) is 9.90 Å². The first-order valence-corrected chi connectivity index (χ1v) is 9.99. The van der Waals surface area contributed by atoms with Crippen LogP contribution in [0.5, 0.6) is 5.75 Å². The number of anilines is 2. The van der Waals surface area contributed by atoms with Gasteiger partial charge in [0, 0.05) is 37.0 Å². The Morgan fingerprint density at radius 1 is 1.43 bits per heavy atom. The zero-order valence-electron chi connectivity index (χ0n) is 16.4. The maximum Gasteiger partial charge on any atom is 0.261 e. The Kier molecular flexibility index (Phi) is 3.63. The maximum atomic E-state index is 13.1. The van der Waals surface area contributed by atoms with E-state index in [0.29, 0.717) is 36.0 Å². The summed E-state index contributed by atoms with van der Waals surface area (Å²) in [5.74, 6) is 0.483. The molecule has 3 aliphatic heterocycles. The van der Waals surface area contributed by atoms with Gasteiger partial charge in [-0.1, -0.05) is 0 Å². The van der Waals surface area contributed by atoms with Crippen LogP contribution in [0.3, 0.4) is 0 Å². The van der Waals surface area contributed by atoms with Crippen LogP contribution in [0.4, 0.5) is 11.4 Å². The van der Waals surface area contributed by atoms with E-state index in [2.05, 4.69) is 20.3 Å². The SMILES string of the molecule is C[C@@]1(CO)Cc2cc(NC(=O)c3cnn4cccnc34)c(N3C[C@H]4OCC43)cc2O1. The molecule has 2 fully saturated rings. The van der Waals surface area contributed by atoms with Crippen LogP contribution in [0.1, 0.15) is 22.8 Å². The fraction of sp³-hybridized carbons (Fsp3) is 0.381. The highest BCUT2D eigenvalue weighted by Crippen LogP contribution is 2.45. The lowest BCUT2D eigenvalue weighted by Gasteiger charge is -2.56. The van der Waals surface area contributed by atoms with Gasteiger partial charge < -0.3 is 24.8 Å². The van der Waals surface area contributed by atoms with Gasteiger partial charge in [-0.15, -0.1) is 0 Å². The fourth-order valence-corrected chi connectivity index (χ4v) is 4.41. The molecule has 3 aromatic rings. The topological polar surface area (TPSA) is 101 Å². The van der Waals surface area contributed by atoms with Gasteiger partial charge >= 0.3 is 0 Å². The van der Waals surface area contributed by atoms with Gasteiger partial charge in [0.1, 0.15) is 16.9 Å². The zero-order valence-corrected chi connectivity index (χ0v) is 16.4. The Morgan fingerprint density at radius 2 is 2.33 bits per heavy atom. The minimum Gasteiger partial charge on any atom is -0.484 e. The van der Waals surface area contributed by atoms with Crippen molar-refractivity contribution in [1.29, 1.82) is 0 Å². The second-order valence-electron chi connectivity index (χ2n) is 8.36. The molecule has 30 heavy (non-hydrogen) atoms. The first-order chi connectivity index (χ1) is 14.5. The average Bonchev–Trinajstić information content (AvgIpc) is 3.30. The van der Waals surface area contributed by atoms with E-state index in [1.54, 1.807) is 23.0 Å². The van der Waals surface area contributed by atoms with Crippen LogP contribution in [0.15, 0.2) is 36.8 Å². The monoisotopic (exact) mass is 407 g/mol. The number of aliphatic hydroxyl groups excluding tert-OH is 1. The molecule has 2 N–H and O–H groups in total. The lowest BCUT2D eigenvalue weighted by atomic mass is 9.92. The van der Waals surface area contributed by atoms with E-state index in [-0.39, 0.29) is 18.6 Å². The minimum absolute atomic E-state index is 0.0744. The third-order valence-corrected chi connectivity index (χ3v) is 6.20. The molecule has 5 heterocycles. The van der Waals surface area contributed by atoms with Crippen molar-refractivity contribution < 1.29 is 19.4 Å². The predicted molar refractivity (Wildman–Crippen MR) is 108 cm³/mol. The Bertz CT molecular complexity index is 1180. The van der Waals surface area contributed by atoms with Gasteiger partial charge in [-0.05, 0) is 19.1 Å². The summed E-state index contributed by atoms with van der Waals surface area (Å²) < 4.78 is 13.1. The number of aliphatic hydroxyl groups is 1. The highest BCUT2D eigenvalue weighted by molar-refractivity contribution is 6.09. The number of rotatable bonds is 4. The van der Waals surface area contributed by atoms with Gasteiger partial charge in [0.25, 0.3) is 5.91 Å². The first kappa shape index (κ1) is 17.7. The Hall–Kier alpha value is -3.17. The molecular formula is C21H21N5O4. The summed E-state index contributed by atoms with van der Waals surface area (Å²) in [6, 6.07) is 6.01. The fourth-order valence-electron chi connectivity index (χ4n) is 4.41. The predicted octanol–water partition coefficient (Wildman–Crippen LogP) is 1.25. The van der Waals surface area contributed by atoms with Crippen LogP contribution in [-0.4, -0.2) is 63.1 Å². The molecule has 3 atom stereocenters. The molecule has 1 aromatic carbocycles. The van der Waals surface area contributed by atoms with Gasteiger partial charge in [-0.25, -0.2) is 9.50 Å². The molecule has 1 unspecified atom stereocenters. The molecule has 3 aliphatic rings. The van der Waals surface area contributed by atoms with Crippen molar-refractivity contribution in [1.82, 2.24) is 14.6 Å². The van der Waals surface area contributed by atoms with Crippen LogP contribution in [0.25, 0.3) is 5.65 Å². The van der Waals surface area contributed by atoms with Crippen LogP contribution in [-0.2, 0) is 11.2 Å². The third kappa shape index (κ3) is 2.52. The van der Waals surface area contributed by atoms with Gasteiger partial charge in [0.2, 0.25) is 0 Å². The number of aromatic nitrogens is 3. The Morgan fingerprint density at radius 3 is 3.07 bits per heavy atom. The van der Waals surface area contributed by atoms with Crippen LogP contribution in [0, 0.1) is 0 Å². The first-order valence-electron chi connectivity index (χ1n) is 9.99. The molecule has 0 aliphatic carbocycles. The van der Waals surface area contributed by atoms with E-state index in [4.69, 9.17) is 9.47 Å². The van der Waals surface area contributed by atoms with Crippen molar-refractivity contribution in [2.45, 2.75) is 31.1 Å². The van der Waals surface area contributed by atoms with Crippen molar-refractivity contribution in [3.8, 4) is 5.75 Å². The highest BCUT2D eigenvalue weighted by atomic mass is 16.5. The molecule has 0 radical (unpaired) electrons. The van der Waals surface area contributed by atoms with Crippen molar-refractivity contribution >= 4 is 22.9 Å². The largest absolute Gasteiger partial charge is 0.484 e. The van der Waals surface area contributed by atoms with Crippen molar-refractivity contribution in [3.05, 3.63) is 47.9 Å². The van der Waals surface area contributed by atoms with E-state index < -0.39 is 5.60 Å². The number of ether oxygens (including phenoxy) is 2. The number of nitrogens with one attached hydrogen (secondary N) is 1. The molecule has 0 saturated carbocycles. The third-order valence-electron chi connectivity index (χ3n) is 6.20. The normalized spacial score (nSPS) is 26.4. The van der Waals surface area contributed by atoms with E-state index in [1.165, 1.54) is 6.20 Å². The molecule has 0 bridgehead atoms. The molecule has 2 saturated heterocycles. The van der Waals surface area contributed by atoms with E-state index in [1.807, 2.05) is 19.1 Å². The molecule has 2 aromatic heterocycles. The summed E-state index contributed by atoms with van der Waals surface area (Å²) in [7, 11) is 0. The average molecular weight is 407 g/mol.